The van der Waals surface area contributed by atoms with Crippen molar-refractivity contribution in [3.63, 3.8) is 0 Å². The number of esters is 1. The maximum Gasteiger partial charge on any atom is 0.303 e. The Morgan fingerprint density at radius 1 is 1.32 bits per heavy atom. The molecule has 4 heteroatoms. The summed E-state index contributed by atoms with van der Waals surface area (Å²) in [5, 5.41) is 9.29. The first-order valence-electron chi connectivity index (χ1n) is 6.25. The van der Waals surface area contributed by atoms with Crippen molar-refractivity contribution < 1.29 is 9.53 Å². The number of hydrogen-bond donors (Lipinski definition) is 0. The Balaban J connectivity index is 3.12. The summed E-state index contributed by atoms with van der Waals surface area (Å²) in [5.74, 6) is -0.608. The maximum absolute atomic E-state index is 11.2. The predicted octanol–water partition coefficient (Wildman–Crippen LogP) is 2.18. The number of likely N-dealkylation sites (N-methyl/N-ethyl adjacent to an activating group) is 1. The van der Waals surface area contributed by atoms with Gasteiger partial charge in [0.25, 0.3) is 0 Å². The normalized spacial score (nSPS) is 15.4. The molecule has 1 aromatic rings. The molecule has 0 aliphatic carbocycles. The highest BCUT2D eigenvalue weighted by Crippen LogP contribution is 2.27. The molecule has 0 saturated heterocycles. The third-order valence-electron chi connectivity index (χ3n) is 3.27. The number of carbonyl (C=O) groups excluding carboxylic acids is 1. The monoisotopic (exact) mass is 260 g/mol. The SMILES string of the molecule is CC(=O)O[C@H](C#N)[C@@H](c1ccccc1)[C@H](C)N(C)C. The zero-order chi connectivity index (χ0) is 14.4. The molecule has 0 fully saturated rings. The van der Waals surface area contributed by atoms with Gasteiger partial charge in [-0.25, -0.2) is 0 Å². The molecule has 0 spiro atoms. The van der Waals surface area contributed by atoms with E-state index >= 15 is 0 Å². The minimum absolute atomic E-state index is 0.0754. The van der Waals surface area contributed by atoms with Crippen molar-refractivity contribution in [2.24, 2.45) is 0 Å². The predicted molar refractivity (Wildman–Crippen MR) is 73.5 cm³/mol. The van der Waals surface area contributed by atoms with E-state index in [0.717, 1.165) is 5.56 Å². The van der Waals surface area contributed by atoms with E-state index in [4.69, 9.17) is 4.74 Å². The van der Waals surface area contributed by atoms with Crippen LogP contribution in [0.5, 0.6) is 0 Å². The van der Waals surface area contributed by atoms with Crippen LogP contribution < -0.4 is 0 Å². The van der Waals surface area contributed by atoms with Crippen molar-refractivity contribution in [1.29, 1.82) is 5.26 Å². The van der Waals surface area contributed by atoms with E-state index < -0.39 is 12.1 Å². The first-order chi connectivity index (χ1) is 8.97. The van der Waals surface area contributed by atoms with Crippen LogP contribution in [0.2, 0.25) is 0 Å². The van der Waals surface area contributed by atoms with Gasteiger partial charge in [-0.15, -0.1) is 0 Å². The van der Waals surface area contributed by atoms with Crippen molar-refractivity contribution in [3.05, 3.63) is 35.9 Å². The van der Waals surface area contributed by atoms with E-state index in [1.807, 2.05) is 56.3 Å². The van der Waals surface area contributed by atoms with E-state index in [0.29, 0.717) is 0 Å². The Morgan fingerprint density at radius 3 is 2.32 bits per heavy atom. The van der Waals surface area contributed by atoms with Gasteiger partial charge in [0.1, 0.15) is 6.07 Å². The summed E-state index contributed by atoms with van der Waals surface area (Å²) in [4.78, 5) is 13.2. The Bertz CT molecular complexity index is 451. The number of hydrogen-bond acceptors (Lipinski definition) is 4. The van der Waals surface area contributed by atoms with E-state index in [-0.39, 0.29) is 12.0 Å². The van der Waals surface area contributed by atoms with Gasteiger partial charge in [-0.1, -0.05) is 30.3 Å². The minimum Gasteiger partial charge on any atom is -0.446 e. The summed E-state index contributed by atoms with van der Waals surface area (Å²) in [6.07, 6.45) is -0.780. The lowest BCUT2D eigenvalue weighted by Crippen LogP contribution is -2.38. The van der Waals surface area contributed by atoms with Gasteiger partial charge in [0.2, 0.25) is 0 Å². The summed E-state index contributed by atoms with van der Waals surface area (Å²) in [5.41, 5.74) is 0.997. The molecule has 0 heterocycles. The largest absolute Gasteiger partial charge is 0.446 e. The van der Waals surface area contributed by atoms with Gasteiger partial charge in [0.15, 0.2) is 6.10 Å². The number of nitriles is 1. The molecule has 1 aromatic carbocycles. The van der Waals surface area contributed by atoms with Gasteiger partial charge in [0, 0.05) is 18.9 Å². The van der Waals surface area contributed by atoms with Crippen LogP contribution in [0.3, 0.4) is 0 Å². The molecule has 102 valence electrons. The average Bonchev–Trinajstić information content (AvgIpc) is 2.38. The first-order valence-corrected chi connectivity index (χ1v) is 6.25. The quantitative estimate of drug-likeness (QED) is 0.761. The van der Waals surface area contributed by atoms with Crippen molar-refractivity contribution in [1.82, 2.24) is 4.90 Å². The Morgan fingerprint density at radius 2 is 1.89 bits per heavy atom. The fourth-order valence-corrected chi connectivity index (χ4v) is 2.06. The topological polar surface area (TPSA) is 53.3 Å². The zero-order valence-corrected chi connectivity index (χ0v) is 11.8. The van der Waals surface area contributed by atoms with Crippen molar-refractivity contribution in [2.45, 2.75) is 31.9 Å². The summed E-state index contributed by atoms with van der Waals surface area (Å²) in [6.45, 7) is 3.35. The molecule has 0 N–H and O–H groups in total. The molecule has 3 atom stereocenters. The van der Waals surface area contributed by atoms with Crippen LogP contribution >= 0.6 is 0 Å². The average molecular weight is 260 g/mol. The highest BCUT2D eigenvalue weighted by atomic mass is 16.5. The molecule has 1 rings (SSSR count). The van der Waals surface area contributed by atoms with E-state index in [1.54, 1.807) is 0 Å². The fourth-order valence-electron chi connectivity index (χ4n) is 2.06. The van der Waals surface area contributed by atoms with Gasteiger partial charge in [-0.3, -0.25) is 4.79 Å². The number of rotatable bonds is 5. The Hall–Kier alpha value is -1.86. The van der Waals surface area contributed by atoms with E-state index in [1.165, 1.54) is 6.92 Å². The van der Waals surface area contributed by atoms with E-state index in [9.17, 15) is 10.1 Å². The molecule has 4 nitrogen and oxygen atoms in total. The molecule has 0 aliphatic heterocycles. The number of ether oxygens (including phenoxy) is 1. The zero-order valence-electron chi connectivity index (χ0n) is 11.8. The number of benzene rings is 1. The molecule has 19 heavy (non-hydrogen) atoms. The lowest BCUT2D eigenvalue weighted by atomic mass is 9.87. The third-order valence-corrected chi connectivity index (χ3v) is 3.27. The van der Waals surface area contributed by atoms with Gasteiger partial charge < -0.3 is 9.64 Å². The molecule has 0 radical (unpaired) electrons. The second-order valence-electron chi connectivity index (χ2n) is 4.80. The fraction of sp³-hybridized carbons (Fsp3) is 0.467. The molecule has 0 saturated carbocycles. The van der Waals surface area contributed by atoms with E-state index in [2.05, 4.69) is 6.07 Å². The molecular weight excluding hydrogens is 240 g/mol. The highest BCUT2D eigenvalue weighted by Gasteiger charge is 2.31. The number of nitrogens with zero attached hydrogens (tertiary/aromatic N) is 2. The third kappa shape index (κ3) is 4.08. The van der Waals surface area contributed by atoms with Crippen LogP contribution in [0.25, 0.3) is 0 Å². The van der Waals surface area contributed by atoms with Crippen molar-refractivity contribution >= 4 is 5.97 Å². The molecular formula is C15H20N2O2. The van der Waals surface area contributed by atoms with Gasteiger partial charge in [-0.2, -0.15) is 5.26 Å². The number of carbonyl (C=O) groups is 1. The molecule has 0 bridgehead atoms. The summed E-state index contributed by atoms with van der Waals surface area (Å²) >= 11 is 0. The van der Waals surface area contributed by atoms with Crippen LogP contribution in [0.1, 0.15) is 25.3 Å². The van der Waals surface area contributed by atoms with Crippen molar-refractivity contribution in [2.75, 3.05) is 14.1 Å². The van der Waals surface area contributed by atoms with Gasteiger partial charge in [-0.05, 0) is 26.6 Å². The summed E-state index contributed by atoms with van der Waals surface area (Å²) < 4.78 is 5.16. The van der Waals surface area contributed by atoms with Crippen molar-refractivity contribution in [3.8, 4) is 6.07 Å². The minimum atomic E-state index is -0.780. The Labute approximate surface area is 114 Å². The summed E-state index contributed by atoms with van der Waals surface area (Å²) in [6, 6.07) is 11.9. The molecule has 0 aliphatic rings. The standard InChI is InChI=1S/C15H20N2O2/c1-11(17(3)4)15(13-8-6-5-7-9-13)14(10-16)19-12(2)18/h5-9,11,14-15H,1-4H3/t11-,14+,15+/m0/s1. The van der Waals surface area contributed by atoms with Crippen LogP contribution in [0.15, 0.2) is 30.3 Å². The van der Waals surface area contributed by atoms with Crippen LogP contribution in [0, 0.1) is 11.3 Å². The van der Waals surface area contributed by atoms with Gasteiger partial charge in [0.05, 0.1) is 0 Å². The first kappa shape index (κ1) is 15.2. The lowest BCUT2D eigenvalue weighted by molar-refractivity contribution is -0.145. The van der Waals surface area contributed by atoms with Crippen LogP contribution in [-0.4, -0.2) is 37.1 Å². The molecule has 0 aromatic heterocycles. The second kappa shape index (κ2) is 6.91. The lowest BCUT2D eigenvalue weighted by Gasteiger charge is -2.32. The second-order valence-corrected chi connectivity index (χ2v) is 4.80. The van der Waals surface area contributed by atoms with Crippen LogP contribution in [-0.2, 0) is 9.53 Å². The maximum atomic E-state index is 11.2. The Kier molecular flexibility index (Phi) is 5.53. The molecule has 0 amide bonds. The smallest absolute Gasteiger partial charge is 0.303 e. The molecule has 0 unspecified atom stereocenters. The van der Waals surface area contributed by atoms with Gasteiger partial charge >= 0.3 is 5.97 Å². The highest BCUT2D eigenvalue weighted by molar-refractivity contribution is 5.66. The summed E-state index contributed by atoms with van der Waals surface area (Å²) in [7, 11) is 3.89. The van der Waals surface area contributed by atoms with Crippen LogP contribution in [0.4, 0.5) is 0 Å².